The second-order valence-electron chi connectivity index (χ2n) is 5.95. The molecule has 1 saturated carbocycles. The second kappa shape index (κ2) is 7.40. The smallest absolute Gasteiger partial charge is 0.321 e. The molecule has 0 unspecified atom stereocenters. The third kappa shape index (κ3) is 3.85. The van der Waals surface area contributed by atoms with E-state index in [9.17, 15) is 14.7 Å². The highest BCUT2D eigenvalue weighted by molar-refractivity contribution is 5.87. The minimum Gasteiger partial charge on any atom is -0.480 e. The molecule has 3 N–H and O–H groups in total. The van der Waals surface area contributed by atoms with E-state index in [1.54, 1.807) is 7.05 Å². The zero-order chi connectivity index (χ0) is 16.0. The quantitative estimate of drug-likeness (QED) is 0.748. The number of rotatable bonds is 6. The fourth-order valence-electron chi connectivity index (χ4n) is 3.21. The highest BCUT2D eigenvalue weighted by Gasteiger charge is 2.41. The molecule has 0 aliphatic heterocycles. The van der Waals surface area contributed by atoms with Crippen LogP contribution in [-0.2, 0) is 16.0 Å². The van der Waals surface area contributed by atoms with E-state index in [1.807, 2.05) is 30.3 Å². The van der Waals surface area contributed by atoms with Gasteiger partial charge in [0.1, 0.15) is 6.04 Å². The molecule has 1 atom stereocenters. The molecule has 22 heavy (non-hydrogen) atoms. The van der Waals surface area contributed by atoms with E-state index < -0.39 is 17.6 Å². The Morgan fingerprint density at radius 2 is 1.82 bits per heavy atom. The molecular formula is C17H24N2O3. The van der Waals surface area contributed by atoms with Crippen LogP contribution < -0.4 is 10.6 Å². The molecule has 120 valence electrons. The van der Waals surface area contributed by atoms with Crippen molar-refractivity contribution in [3.63, 3.8) is 0 Å². The largest absolute Gasteiger partial charge is 0.480 e. The first-order chi connectivity index (χ1) is 10.6. The molecule has 1 aromatic rings. The molecule has 0 aromatic heterocycles. The van der Waals surface area contributed by atoms with Crippen LogP contribution in [0.25, 0.3) is 0 Å². The monoisotopic (exact) mass is 304 g/mol. The highest BCUT2D eigenvalue weighted by Crippen LogP contribution is 2.29. The van der Waals surface area contributed by atoms with Gasteiger partial charge < -0.3 is 10.4 Å². The number of carbonyl (C=O) groups excluding carboxylic acids is 1. The molecule has 1 fully saturated rings. The van der Waals surface area contributed by atoms with E-state index in [0.29, 0.717) is 19.3 Å². The van der Waals surface area contributed by atoms with Gasteiger partial charge in [0.25, 0.3) is 0 Å². The fraction of sp³-hybridized carbons (Fsp3) is 0.529. The summed E-state index contributed by atoms with van der Waals surface area (Å²) in [6.45, 7) is 0. The molecule has 5 heteroatoms. The Labute approximate surface area is 131 Å². The molecule has 1 aliphatic carbocycles. The third-order valence-corrected chi connectivity index (χ3v) is 4.40. The summed E-state index contributed by atoms with van der Waals surface area (Å²) >= 11 is 0. The maximum atomic E-state index is 12.3. The number of hydrogen-bond donors (Lipinski definition) is 3. The summed E-state index contributed by atoms with van der Waals surface area (Å²) in [5.41, 5.74) is 0.190. The molecule has 0 saturated heterocycles. The van der Waals surface area contributed by atoms with Gasteiger partial charge in [0, 0.05) is 7.05 Å². The van der Waals surface area contributed by atoms with Gasteiger partial charge in [-0.05, 0) is 24.8 Å². The number of carbonyl (C=O) groups is 2. The van der Waals surface area contributed by atoms with E-state index in [-0.39, 0.29) is 5.91 Å². The molecule has 1 aliphatic rings. The second-order valence-corrected chi connectivity index (χ2v) is 5.95. The summed E-state index contributed by atoms with van der Waals surface area (Å²) in [5.74, 6) is -1.02. The Morgan fingerprint density at radius 3 is 2.36 bits per heavy atom. The summed E-state index contributed by atoms with van der Waals surface area (Å²) in [4.78, 5) is 24.0. The first-order valence-corrected chi connectivity index (χ1v) is 7.84. The van der Waals surface area contributed by atoms with Crippen LogP contribution in [0.15, 0.2) is 30.3 Å². The zero-order valence-corrected chi connectivity index (χ0v) is 13.0. The summed E-state index contributed by atoms with van der Waals surface area (Å²) in [5, 5.41) is 15.4. The topological polar surface area (TPSA) is 78.4 Å². The minimum absolute atomic E-state index is 0.105. The van der Waals surface area contributed by atoms with Gasteiger partial charge in [0.2, 0.25) is 5.91 Å². The Morgan fingerprint density at radius 1 is 1.18 bits per heavy atom. The molecule has 2 rings (SSSR count). The van der Waals surface area contributed by atoms with Gasteiger partial charge in [0.15, 0.2) is 0 Å². The van der Waals surface area contributed by atoms with Crippen molar-refractivity contribution in [3.05, 3.63) is 35.9 Å². The number of amides is 1. The molecule has 5 nitrogen and oxygen atoms in total. The normalized spacial score (nSPS) is 18.4. The van der Waals surface area contributed by atoms with Gasteiger partial charge in [0.05, 0.1) is 5.54 Å². The SMILES string of the molecule is CNC(=O)C1(N[C@@H](Cc2ccccc2)C(=O)O)CCCCC1. The van der Waals surface area contributed by atoms with Crippen molar-refractivity contribution in [2.75, 3.05) is 7.05 Å². The van der Waals surface area contributed by atoms with Gasteiger partial charge in [-0.3, -0.25) is 14.9 Å². The Hall–Kier alpha value is -1.88. The number of hydrogen-bond acceptors (Lipinski definition) is 3. The maximum absolute atomic E-state index is 12.3. The summed E-state index contributed by atoms with van der Waals surface area (Å²) in [6, 6.07) is 8.74. The predicted octanol–water partition coefficient (Wildman–Crippen LogP) is 1.72. The average Bonchev–Trinajstić information content (AvgIpc) is 2.55. The van der Waals surface area contributed by atoms with E-state index in [4.69, 9.17) is 0 Å². The molecule has 1 aromatic carbocycles. The lowest BCUT2D eigenvalue weighted by atomic mass is 9.80. The molecule has 0 radical (unpaired) electrons. The molecule has 1 amide bonds. The van der Waals surface area contributed by atoms with Crippen LogP contribution in [0.1, 0.15) is 37.7 Å². The van der Waals surface area contributed by atoms with Gasteiger partial charge in [-0.1, -0.05) is 49.6 Å². The summed E-state index contributed by atoms with van der Waals surface area (Å²) < 4.78 is 0. The van der Waals surface area contributed by atoms with Crippen molar-refractivity contribution < 1.29 is 14.7 Å². The van der Waals surface area contributed by atoms with E-state index in [0.717, 1.165) is 24.8 Å². The average molecular weight is 304 g/mol. The molecular weight excluding hydrogens is 280 g/mol. The lowest BCUT2D eigenvalue weighted by Gasteiger charge is -2.38. The zero-order valence-electron chi connectivity index (χ0n) is 13.0. The number of aliphatic carboxylic acids is 1. The van der Waals surface area contributed by atoms with Crippen LogP contribution in [0.5, 0.6) is 0 Å². The molecule has 0 heterocycles. The van der Waals surface area contributed by atoms with Gasteiger partial charge in [-0.15, -0.1) is 0 Å². The lowest BCUT2D eigenvalue weighted by Crippen LogP contribution is -2.62. The van der Waals surface area contributed by atoms with Crippen LogP contribution in [0.4, 0.5) is 0 Å². The van der Waals surface area contributed by atoms with Crippen molar-refractivity contribution in [1.82, 2.24) is 10.6 Å². The first-order valence-electron chi connectivity index (χ1n) is 7.84. The van der Waals surface area contributed by atoms with Gasteiger partial charge in [-0.2, -0.15) is 0 Å². The van der Waals surface area contributed by atoms with E-state index >= 15 is 0 Å². The third-order valence-electron chi connectivity index (χ3n) is 4.40. The van der Waals surface area contributed by atoms with Crippen LogP contribution in [-0.4, -0.2) is 35.6 Å². The standard InChI is InChI=1S/C17H24N2O3/c1-18-16(22)17(10-6-3-7-11-17)19-14(15(20)21)12-13-8-4-2-5-9-13/h2,4-5,8-9,14,19H,3,6-7,10-12H2,1H3,(H,18,22)(H,20,21)/t14-/m0/s1. The number of nitrogens with one attached hydrogen (secondary N) is 2. The predicted molar refractivity (Wildman–Crippen MR) is 84.6 cm³/mol. The number of benzene rings is 1. The van der Waals surface area contributed by atoms with E-state index in [1.165, 1.54) is 0 Å². The van der Waals surface area contributed by atoms with Crippen LogP contribution in [0.3, 0.4) is 0 Å². The Kier molecular flexibility index (Phi) is 5.55. The molecule has 0 spiro atoms. The summed E-state index contributed by atoms with van der Waals surface area (Å²) in [6.07, 6.45) is 4.72. The maximum Gasteiger partial charge on any atom is 0.321 e. The van der Waals surface area contributed by atoms with Crippen LogP contribution in [0, 0.1) is 0 Å². The lowest BCUT2D eigenvalue weighted by molar-refractivity contribution is -0.141. The van der Waals surface area contributed by atoms with Crippen LogP contribution >= 0.6 is 0 Å². The van der Waals surface area contributed by atoms with Crippen LogP contribution in [0.2, 0.25) is 0 Å². The highest BCUT2D eigenvalue weighted by atomic mass is 16.4. The van der Waals surface area contributed by atoms with Crippen molar-refractivity contribution in [1.29, 1.82) is 0 Å². The van der Waals surface area contributed by atoms with Crippen molar-refractivity contribution in [2.45, 2.75) is 50.1 Å². The van der Waals surface area contributed by atoms with Crippen molar-refractivity contribution in [3.8, 4) is 0 Å². The molecule has 0 bridgehead atoms. The number of likely N-dealkylation sites (N-methyl/N-ethyl adjacent to an activating group) is 1. The minimum atomic E-state index is -0.919. The van der Waals surface area contributed by atoms with Gasteiger partial charge in [-0.25, -0.2) is 0 Å². The van der Waals surface area contributed by atoms with Crippen molar-refractivity contribution in [2.24, 2.45) is 0 Å². The summed E-state index contributed by atoms with van der Waals surface area (Å²) in [7, 11) is 1.60. The first kappa shape index (κ1) is 16.5. The van der Waals surface area contributed by atoms with E-state index in [2.05, 4.69) is 10.6 Å². The number of carboxylic acids is 1. The Bertz CT molecular complexity index is 510. The fourth-order valence-corrected chi connectivity index (χ4v) is 3.21. The van der Waals surface area contributed by atoms with Gasteiger partial charge >= 0.3 is 5.97 Å². The van der Waals surface area contributed by atoms with Crippen molar-refractivity contribution >= 4 is 11.9 Å². The number of carboxylic acid groups (broad SMARTS) is 1. The Balaban J connectivity index is 2.17.